The first-order valence-electron chi connectivity index (χ1n) is 3.31. The summed E-state index contributed by atoms with van der Waals surface area (Å²) in [7, 11) is 1.46. The van der Waals surface area contributed by atoms with Gasteiger partial charge in [-0.05, 0) is 6.07 Å². The van der Waals surface area contributed by atoms with E-state index in [-0.39, 0.29) is 4.90 Å². The molecule has 5 nitrogen and oxygen atoms in total. The van der Waals surface area contributed by atoms with Crippen molar-refractivity contribution >= 4 is 25.4 Å². The van der Waals surface area contributed by atoms with E-state index in [0.717, 1.165) is 0 Å². The van der Waals surface area contributed by atoms with Gasteiger partial charge in [0.15, 0.2) is 5.65 Å². The van der Waals surface area contributed by atoms with Crippen molar-refractivity contribution in [3.05, 3.63) is 24.7 Å². The Labute approximate surface area is 78.4 Å². The van der Waals surface area contributed by atoms with Crippen LogP contribution in [0.4, 0.5) is 0 Å². The lowest BCUT2D eigenvalue weighted by Crippen LogP contribution is -1.92. The van der Waals surface area contributed by atoms with E-state index in [1.54, 1.807) is 4.40 Å². The van der Waals surface area contributed by atoms with Crippen LogP contribution in [-0.4, -0.2) is 23.0 Å². The van der Waals surface area contributed by atoms with E-state index in [1.165, 1.54) is 24.7 Å². The predicted octanol–water partition coefficient (Wildman–Crippen LogP) is 0.657. The minimum atomic E-state index is -3.68. The maximum absolute atomic E-state index is 10.9. The number of nitrogens with zero attached hydrogens (tertiary/aromatic N) is 3. The van der Waals surface area contributed by atoms with Gasteiger partial charge in [0.1, 0.15) is 6.33 Å². The van der Waals surface area contributed by atoms with E-state index in [4.69, 9.17) is 10.7 Å². The molecule has 0 aliphatic heterocycles. The molecule has 68 valence electrons. The molecule has 13 heavy (non-hydrogen) atoms. The minimum Gasteiger partial charge on any atom is -0.289 e. The highest BCUT2D eigenvalue weighted by atomic mass is 35.7. The molecule has 2 rings (SSSR count). The van der Waals surface area contributed by atoms with Crippen molar-refractivity contribution < 1.29 is 8.42 Å². The van der Waals surface area contributed by atoms with Crippen LogP contribution in [0.25, 0.3) is 5.65 Å². The maximum Gasteiger partial charge on any atom is 0.261 e. The fraction of sp³-hybridized carbons (Fsp3) is 0. The Morgan fingerprint density at radius 1 is 1.46 bits per heavy atom. The normalized spacial score (nSPS) is 12.1. The van der Waals surface area contributed by atoms with Gasteiger partial charge >= 0.3 is 0 Å². The van der Waals surface area contributed by atoms with Crippen LogP contribution >= 0.6 is 10.7 Å². The Morgan fingerprint density at radius 3 is 2.92 bits per heavy atom. The van der Waals surface area contributed by atoms with Crippen LogP contribution in [-0.2, 0) is 9.05 Å². The summed E-state index contributed by atoms with van der Waals surface area (Å²) in [6, 6.07) is 2.74. The average Bonchev–Trinajstić information content (AvgIpc) is 2.47. The Morgan fingerprint density at radius 2 is 2.23 bits per heavy atom. The standard InChI is InChI=1S/C6H4ClN3O2S/c7-13(11,12)5-1-2-10-4-8-9-6(10)3-5/h1-4H. The number of hydrogen-bond acceptors (Lipinski definition) is 4. The number of hydrogen-bond donors (Lipinski definition) is 0. The van der Waals surface area contributed by atoms with Crippen molar-refractivity contribution in [2.45, 2.75) is 4.90 Å². The molecule has 2 aromatic heterocycles. The number of rotatable bonds is 1. The molecule has 0 aromatic carbocycles. The van der Waals surface area contributed by atoms with E-state index in [1.807, 2.05) is 0 Å². The summed E-state index contributed by atoms with van der Waals surface area (Å²) in [4.78, 5) is 0.0228. The monoisotopic (exact) mass is 217 g/mol. The smallest absolute Gasteiger partial charge is 0.261 e. The van der Waals surface area contributed by atoms with Gasteiger partial charge in [-0.25, -0.2) is 8.42 Å². The first-order valence-corrected chi connectivity index (χ1v) is 5.62. The molecule has 0 aliphatic carbocycles. The zero-order valence-electron chi connectivity index (χ0n) is 6.25. The zero-order valence-corrected chi connectivity index (χ0v) is 7.83. The molecule has 0 fully saturated rings. The van der Waals surface area contributed by atoms with Gasteiger partial charge in [0.2, 0.25) is 0 Å². The summed E-state index contributed by atoms with van der Waals surface area (Å²) in [6.45, 7) is 0. The third-order valence-corrected chi connectivity index (χ3v) is 2.90. The van der Waals surface area contributed by atoms with Crippen molar-refractivity contribution in [3.8, 4) is 0 Å². The topological polar surface area (TPSA) is 64.3 Å². The zero-order chi connectivity index (χ0) is 9.47. The highest BCUT2D eigenvalue weighted by Crippen LogP contribution is 2.15. The van der Waals surface area contributed by atoms with E-state index in [9.17, 15) is 8.42 Å². The number of aromatic nitrogens is 3. The predicted molar refractivity (Wildman–Crippen MR) is 46.0 cm³/mol. The van der Waals surface area contributed by atoms with E-state index >= 15 is 0 Å². The van der Waals surface area contributed by atoms with E-state index in [0.29, 0.717) is 5.65 Å². The van der Waals surface area contributed by atoms with Gasteiger partial charge < -0.3 is 0 Å². The molecule has 0 bridgehead atoms. The number of pyridine rings is 1. The number of halogens is 1. The van der Waals surface area contributed by atoms with Crippen LogP contribution < -0.4 is 0 Å². The second kappa shape index (κ2) is 2.68. The largest absolute Gasteiger partial charge is 0.289 e. The average molecular weight is 218 g/mol. The fourth-order valence-electron chi connectivity index (χ4n) is 0.950. The lowest BCUT2D eigenvalue weighted by molar-refractivity contribution is 0.609. The van der Waals surface area contributed by atoms with Gasteiger partial charge in [0.05, 0.1) is 4.90 Å². The Kier molecular flexibility index (Phi) is 1.74. The molecule has 0 N–H and O–H groups in total. The molecule has 0 unspecified atom stereocenters. The van der Waals surface area contributed by atoms with Crippen LogP contribution in [0.2, 0.25) is 0 Å². The molecule has 0 radical (unpaired) electrons. The first kappa shape index (κ1) is 8.46. The van der Waals surface area contributed by atoms with Gasteiger partial charge in [0, 0.05) is 22.9 Å². The summed E-state index contributed by atoms with van der Waals surface area (Å²) in [5, 5.41) is 7.28. The van der Waals surface area contributed by atoms with E-state index in [2.05, 4.69) is 10.2 Å². The third kappa shape index (κ3) is 1.50. The SMILES string of the molecule is O=S(=O)(Cl)c1ccn2cnnc2c1. The van der Waals surface area contributed by atoms with Crippen molar-refractivity contribution in [3.63, 3.8) is 0 Å². The fourth-order valence-corrected chi connectivity index (χ4v) is 1.71. The molecule has 2 heterocycles. The lowest BCUT2D eigenvalue weighted by atomic mass is 10.5. The highest BCUT2D eigenvalue weighted by Gasteiger charge is 2.10. The Hall–Kier alpha value is -1.14. The second-order valence-electron chi connectivity index (χ2n) is 2.40. The summed E-state index contributed by atoms with van der Waals surface area (Å²) >= 11 is 0. The molecule has 0 aliphatic rings. The van der Waals surface area contributed by atoms with Crippen LogP contribution in [0.3, 0.4) is 0 Å². The molecule has 0 atom stereocenters. The van der Waals surface area contributed by atoms with Crippen molar-refractivity contribution in [2.24, 2.45) is 0 Å². The van der Waals surface area contributed by atoms with Crippen LogP contribution in [0.5, 0.6) is 0 Å². The van der Waals surface area contributed by atoms with Crippen molar-refractivity contribution in [1.82, 2.24) is 14.6 Å². The quantitative estimate of drug-likeness (QED) is 0.659. The molecule has 0 amide bonds. The summed E-state index contributed by atoms with van der Waals surface area (Å²) in [5.41, 5.74) is 0.446. The first-order chi connectivity index (χ1) is 6.07. The van der Waals surface area contributed by atoms with Crippen molar-refractivity contribution in [1.29, 1.82) is 0 Å². The third-order valence-electron chi connectivity index (χ3n) is 1.55. The second-order valence-corrected chi connectivity index (χ2v) is 4.96. The molecule has 2 aromatic rings. The molecule has 0 spiro atoms. The van der Waals surface area contributed by atoms with Gasteiger partial charge in [0.25, 0.3) is 9.05 Å². The maximum atomic E-state index is 10.9. The van der Waals surface area contributed by atoms with Gasteiger partial charge in [-0.3, -0.25) is 4.40 Å². The van der Waals surface area contributed by atoms with Crippen LogP contribution in [0, 0.1) is 0 Å². The minimum absolute atomic E-state index is 0.0228. The Balaban J connectivity index is 2.75. The molecular weight excluding hydrogens is 214 g/mol. The Bertz CT molecular complexity index is 548. The van der Waals surface area contributed by atoms with Gasteiger partial charge in [-0.15, -0.1) is 10.2 Å². The highest BCUT2D eigenvalue weighted by molar-refractivity contribution is 8.13. The van der Waals surface area contributed by atoms with Gasteiger partial charge in [-0.2, -0.15) is 0 Å². The summed E-state index contributed by atoms with van der Waals surface area (Å²) in [5.74, 6) is 0. The summed E-state index contributed by atoms with van der Waals surface area (Å²) in [6.07, 6.45) is 3.00. The molecular formula is C6H4ClN3O2S. The van der Waals surface area contributed by atoms with Crippen LogP contribution in [0.15, 0.2) is 29.6 Å². The molecule has 7 heteroatoms. The van der Waals surface area contributed by atoms with Crippen LogP contribution in [0.1, 0.15) is 0 Å². The van der Waals surface area contributed by atoms with Gasteiger partial charge in [-0.1, -0.05) is 0 Å². The van der Waals surface area contributed by atoms with Crippen molar-refractivity contribution in [2.75, 3.05) is 0 Å². The number of fused-ring (bicyclic) bond motifs is 1. The lowest BCUT2D eigenvalue weighted by Gasteiger charge is -1.95. The molecule has 0 saturated heterocycles. The molecule has 0 saturated carbocycles. The van der Waals surface area contributed by atoms with E-state index < -0.39 is 9.05 Å². The summed E-state index contributed by atoms with van der Waals surface area (Å²) < 4.78 is 23.4.